The third kappa shape index (κ3) is 4.40. The average Bonchev–Trinajstić information content (AvgIpc) is 3.16. The topological polar surface area (TPSA) is 137 Å². The molecule has 1 amide bonds. The van der Waals surface area contributed by atoms with Crippen LogP contribution in [0.4, 0.5) is 28.0 Å². The van der Waals surface area contributed by atoms with Crippen molar-refractivity contribution < 1.29 is 27.1 Å². The molecule has 0 aromatic carbocycles. The zero-order valence-electron chi connectivity index (χ0n) is 16.1. The van der Waals surface area contributed by atoms with E-state index in [-0.39, 0.29) is 24.3 Å². The number of halogens is 4. The molecule has 1 saturated heterocycles. The third-order valence-electron chi connectivity index (χ3n) is 4.62. The second-order valence-electron chi connectivity index (χ2n) is 7.15. The first-order valence-corrected chi connectivity index (χ1v) is 9.11. The zero-order chi connectivity index (χ0) is 23.1. The van der Waals surface area contributed by atoms with E-state index in [1.54, 1.807) is 4.90 Å². The van der Waals surface area contributed by atoms with Crippen LogP contribution in [-0.4, -0.2) is 68.7 Å². The number of imidazole rings is 1. The van der Waals surface area contributed by atoms with E-state index in [1.165, 1.54) is 34.5 Å². The number of aromatic nitrogens is 5. The highest BCUT2D eigenvalue weighted by Crippen LogP contribution is 2.34. The molecule has 170 valence electrons. The van der Waals surface area contributed by atoms with Crippen LogP contribution in [0.5, 0.6) is 0 Å². The van der Waals surface area contributed by atoms with Crippen molar-refractivity contribution in [3.8, 4) is 11.3 Å². The molecule has 0 saturated carbocycles. The van der Waals surface area contributed by atoms with Crippen LogP contribution in [0, 0.1) is 0 Å². The van der Waals surface area contributed by atoms with Crippen molar-refractivity contribution in [1.29, 1.82) is 0 Å². The number of alkyl carbamates (subject to hydrolysis) is 1. The number of carbonyl (C=O) groups excluding carboxylic acids is 1. The summed E-state index contributed by atoms with van der Waals surface area (Å²) in [5.74, 6) is 0. The standard InChI is InChI=1S/C17H15F4N7O4/c18-16(8-32-15(31)24-5-17(19,20)21)6-27(7-16)11-3-10(26-28-2-1-22-12(11)28)9-4-23-14(30)25-13(9)29/h1-4H,5-8H2,(H,24,31)(H2,23,25,29,30). The molecule has 4 heterocycles. The molecule has 4 rings (SSSR count). The number of ether oxygens (including phenoxy) is 1. The summed E-state index contributed by atoms with van der Waals surface area (Å²) in [4.78, 5) is 44.8. The maximum absolute atomic E-state index is 14.8. The van der Waals surface area contributed by atoms with E-state index in [0.29, 0.717) is 11.3 Å². The minimum Gasteiger partial charge on any atom is -0.446 e. The van der Waals surface area contributed by atoms with E-state index >= 15 is 0 Å². The summed E-state index contributed by atoms with van der Waals surface area (Å²) in [6.45, 7) is -2.81. The molecular formula is C17H15F4N7O4. The van der Waals surface area contributed by atoms with Gasteiger partial charge in [0, 0.05) is 18.6 Å². The first-order chi connectivity index (χ1) is 15.0. The van der Waals surface area contributed by atoms with Crippen molar-refractivity contribution in [2.45, 2.75) is 11.8 Å². The Bertz CT molecular complexity index is 1280. The molecule has 1 fully saturated rings. The number of alkyl halides is 4. The second kappa shape index (κ2) is 7.65. The number of amides is 1. The van der Waals surface area contributed by atoms with Crippen LogP contribution in [0.15, 0.2) is 34.2 Å². The van der Waals surface area contributed by atoms with Gasteiger partial charge in [0.15, 0.2) is 11.3 Å². The van der Waals surface area contributed by atoms with Crippen LogP contribution in [0.2, 0.25) is 0 Å². The van der Waals surface area contributed by atoms with Gasteiger partial charge in [-0.1, -0.05) is 0 Å². The maximum Gasteiger partial charge on any atom is 0.407 e. The zero-order valence-corrected chi connectivity index (χ0v) is 16.1. The molecule has 1 aliphatic rings. The predicted molar refractivity (Wildman–Crippen MR) is 101 cm³/mol. The van der Waals surface area contributed by atoms with Gasteiger partial charge in [-0.3, -0.25) is 9.78 Å². The maximum atomic E-state index is 14.8. The van der Waals surface area contributed by atoms with Crippen molar-refractivity contribution in [2.75, 3.05) is 31.1 Å². The molecule has 1 aliphatic heterocycles. The number of anilines is 1. The lowest BCUT2D eigenvalue weighted by atomic mass is 9.96. The van der Waals surface area contributed by atoms with Crippen LogP contribution >= 0.6 is 0 Å². The Labute approximate surface area is 175 Å². The summed E-state index contributed by atoms with van der Waals surface area (Å²) < 4.78 is 57.1. The summed E-state index contributed by atoms with van der Waals surface area (Å²) in [5.41, 5.74) is -2.32. The molecule has 0 spiro atoms. The lowest BCUT2D eigenvalue weighted by Crippen LogP contribution is -2.62. The van der Waals surface area contributed by atoms with Gasteiger partial charge in [-0.05, 0) is 6.07 Å². The van der Waals surface area contributed by atoms with Crippen LogP contribution in [-0.2, 0) is 4.74 Å². The Hall–Kier alpha value is -3.91. The molecule has 0 atom stereocenters. The fourth-order valence-electron chi connectivity index (χ4n) is 3.18. The Balaban J connectivity index is 1.49. The fourth-order valence-corrected chi connectivity index (χ4v) is 3.18. The molecule has 15 heteroatoms. The largest absolute Gasteiger partial charge is 0.446 e. The molecule has 0 unspecified atom stereocenters. The lowest BCUT2D eigenvalue weighted by Gasteiger charge is -2.45. The number of H-pyrrole nitrogens is 2. The van der Waals surface area contributed by atoms with Gasteiger partial charge in [0.1, 0.15) is 18.8 Å². The van der Waals surface area contributed by atoms with Crippen LogP contribution in [0.3, 0.4) is 0 Å². The lowest BCUT2D eigenvalue weighted by molar-refractivity contribution is -0.124. The molecule has 3 N–H and O–H groups in total. The number of carbonyl (C=O) groups is 1. The van der Waals surface area contributed by atoms with Crippen molar-refractivity contribution in [1.82, 2.24) is 29.9 Å². The first kappa shape index (κ1) is 21.3. The van der Waals surface area contributed by atoms with Gasteiger partial charge >= 0.3 is 18.0 Å². The molecule has 11 nitrogen and oxygen atoms in total. The van der Waals surface area contributed by atoms with E-state index in [4.69, 9.17) is 0 Å². The van der Waals surface area contributed by atoms with Gasteiger partial charge in [-0.15, -0.1) is 0 Å². The molecule has 3 aromatic rings. The number of hydrogen-bond acceptors (Lipinski definition) is 7. The van der Waals surface area contributed by atoms with E-state index in [1.807, 2.05) is 0 Å². The van der Waals surface area contributed by atoms with Crippen LogP contribution < -0.4 is 21.5 Å². The quantitative estimate of drug-likeness (QED) is 0.477. The van der Waals surface area contributed by atoms with Gasteiger partial charge in [0.2, 0.25) is 0 Å². The van der Waals surface area contributed by atoms with E-state index in [9.17, 15) is 31.9 Å². The van der Waals surface area contributed by atoms with Crippen LogP contribution in [0.25, 0.3) is 16.9 Å². The second-order valence-corrected chi connectivity index (χ2v) is 7.15. The summed E-state index contributed by atoms with van der Waals surface area (Å²) >= 11 is 0. The van der Waals surface area contributed by atoms with Crippen molar-refractivity contribution in [3.05, 3.63) is 45.5 Å². The summed E-state index contributed by atoms with van der Waals surface area (Å²) in [5, 5.41) is 5.75. The van der Waals surface area contributed by atoms with Gasteiger partial charge in [-0.25, -0.2) is 23.5 Å². The van der Waals surface area contributed by atoms with Crippen molar-refractivity contribution in [2.24, 2.45) is 0 Å². The molecule has 32 heavy (non-hydrogen) atoms. The molecule has 0 bridgehead atoms. The minimum absolute atomic E-state index is 0.0677. The number of nitrogens with one attached hydrogen (secondary N) is 3. The smallest absolute Gasteiger partial charge is 0.407 e. The number of hydrogen-bond donors (Lipinski definition) is 3. The number of rotatable bonds is 5. The summed E-state index contributed by atoms with van der Waals surface area (Å²) in [6, 6.07) is 1.49. The number of aromatic amines is 2. The van der Waals surface area contributed by atoms with Crippen molar-refractivity contribution >= 4 is 17.4 Å². The van der Waals surface area contributed by atoms with Gasteiger partial charge in [0.25, 0.3) is 5.56 Å². The van der Waals surface area contributed by atoms with E-state index in [2.05, 4.69) is 24.8 Å². The first-order valence-electron chi connectivity index (χ1n) is 9.11. The highest BCUT2D eigenvalue weighted by Gasteiger charge is 2.46. The Morgan fingerprint density at radius 1 is 1.31 bits per heavy atom. The Kier molecular flexibility index (Phi) is 5.10. The fraction of sp³-hybridized carbons (Fsp3) is 0.353. The normalized spacial score (nSPS) is 15.4. The van der Waals surface area contributed by atoms with Gasteiger partial charge < -0.3 is 19.9 Å². The summed E-state index contributed by atoms with van der Waals surface area (Å²) in [6.07, 6.45) is -1.83. The van der Waals surface area contributed by atoms with Crippen molar-refractivity contribution in [3.63, 3.8) is 0 Å². The molecule has 0 radical (unpaired) electrons. The average molecular weight is 457 g/mol. The highest BCUT2D eigenvalue weighted by atomic mass is 19.4. The molecular weight excluding hydrogens is 442 g/mol. The Morgan fingerprint density at radius 2 is 2.06 bits per heavy atom. The van der Waals surface area contributed by atoms with E-state index in [0.717, 1.165) is 0 Å². The SMILES string of the molecule is O=C(NCC(F)(F)F)OCC1(F)CN(c2cc(-c3c[nH]c(=O)[nH]c3=O)nn3ccnc23)C1. The highest BCUT2D eigenvalue weighted by molar-refractivity contribution is 5.75. The third-order valence-corrected chi connectivity index (χ3v) is 4.62. The van der Waals surface area contributed by atoms with Crippen LogP contribution in [0.1, 0.15) is 0 Å². The number of fused-ring (bicyclic) bond motifs is 1. The Morgan fingerprint density at radius 3 is 2.75 bits per heavy atom. The minimum atomic E-state index is -4.61. The summed E-state index contributed by atoms with van der Waals surface area (Å²) in [7, 11) is 0. The monoisotopic (exact) mass is 457 g/mol. The predicted octanol–water partition coefficient (Wildman–Crippen LogP) is 0.590. The molecule has 3 aromatic heterocycles. The van der Waals surface area contributed by atoms with Gasteiger partial charge in [-0.2, -0.15) is 18.3 Å². The van der Waals surface area contributed by atoms with Gasteiger partial charge in [0.05, 0.1) is 24.3 Å². The van der Waals surface area contributed by atoms with E-state index < -0.39 is 42.3 Å². The molecule has 0 aliphatic carbocycles. The number of nitrogens with zero attached hydrogens (tertiary/aromatic N) is 4.